The van der Waals surface area contributed by atoms with Gasteiger partial charge in [0.25, 0.3) is 11.8 Å². The lowest BCUT2D eigenvalue weighted by atomic mass is 10.1. The highest BCUT2D eigenvalue weighted by Gasteiger charge is 2.19. The first-order valence-corrected chi connectivity index (χ1v) is 12.9. The third-order valence-corrected chi connectivity index (χ3v) is 6.36. The Morgan fingerprint density at radius 3 is 2.15 bits per heavy atom. The van der Waals surface area contributed by atoms with Gasteiger partial charge in [0.1, 0.15) is 0 Å². The molecule has 0 atom stereocenters. The summed E-state index contributed by atoms with van der Waals surface area (Å²) in [5.74, 6) is -0.640. The molecule has 0 saturated carbocycles. The topological polar surface area (TPSA) is 95.6 Å². The second-order valence-electron chi connectivity index (χ2n) is 7.91. The molecule has 8 heteroatoms. The SMILES string of the molecule is CCCCNC(=O)c1ccccc1NC(=O)c1ccc(N(Cc2ccccc2)S(C)(=O)=O)cc1. The maximum Gasteiger partial charge on any atom is 0.255 e. The van der Waals surface area contributed by atoms with Gasteiger partial charge in [0, 0.05) is 12.1 Å². The molecule has 3 rings (SSSR count). The minimum Gasteiger partial charge on any atom is -0.352 e. The molecule has 0 radical (unpaired) electrons. The number of carbonyl (C=O) groups excluding carboxylic acids is 2. The standard InChI is InChI=1S/C26H29N3O4S/c1-3-4-18-27-26(31)23-12-8-9-13-24(23)28-25(30)21-14-16-22(17-15-21)29(34(2,32)33)19-20-10-6-5-7-11-20/h5-17H,3-4,18-19H2,1-2H3,(H,27,31)(H,28,30). The van der Waals surface area contributed by atoms with E-state index >= 15 is 0 Å². The van der Waals surface area contributed by atoms with Crippen LogP contribution in [-0.4, -0.2) is 33.0 Å². The molecule has 0 aromatic heterocycles. The number of sulfonamides is 1. The van der Waals surface area contributed by atoms with E-state index in [1.807, 2.05) is 37.3 Å². The van der Waals surface area contributed by atoms with Gasteiger partial charge in [-0.25, -0.2) is 8.42 Å². The van der Waals surface area contributed by atoms with Crippen molar-refractivity contribution in [3.05, 3.63) is 95.6 Å². The summed E-state index contributed by atoms with van der Waals surface area (Å²) in [6.45, 7) is 2.80. The number of amides is 2. The summed E-state index contributed by atoms with van der Waals surface area (Å²) in [5, 5.41) is 5.64. The fraction of sp³-hybridized carbons (Fsp3) is 0.231. The fourth-order valence-corrected chi connectivity index (χ4v) is 4.28. The molecule has 0 aliphatic heterocycles. The lowest BCUT2D eigenvalue weighted by Gasteiger charge is -2.22. The first kappa shape index (κ1) is 25.0. The van der Waals surface area contributed by atoms with Crippen LogP contribution >= 0.6 is 0 Å². The van der Waals surface area contributed by atoms with Crippen molar-refractivity contribution in [3.8, 4) is 0 Å². The molecule has 0 bridgehead atoms. The van der Waals surface area contributed by atoms with Crippen molar-refractivity contribution in [2.45, 2.75) is 26.3 Å². The van der Waals surface area contributed by atoms with Crippen molar-refractivity contribution in [3.63, 3.8) is 0 Å². The van der Waals surface area contributed by atoms with Gasteiger partial charge in [0.15, 0.2) is 0 Å². The zero-order valence-electron chi connectivity index (χ0n) is 19.3. The first-order valence-electron chi connectivity index (χ1n) is 11.1. The lowest BCUT2D eigenvalue weighted by Crippen LogP contribution is -2.29. The van der Waals surface area contributed by atoms with Crippen molar-refractivity contribution in [2.75, 3.05) is 22.4 Å². The molecule has 178 valence electrons. The molecule has 0 spiro atoms. The van der Waals surface area contributed by atoms with Crippen molar-refractivity contribution in [2.24, 2.45) is 0 Å². The lowest BCUT2D eigenvalue weighted by molar-refractivity contribution is 0.0954. The van der Waals surface area contributed by atoms with Crippen molar-refractivity contribution in [1.82, 2.24) is 5.32 Å². The Kier molecular flexibility index (Phi) is 8.43. The van der Waals surface area contributed by atoms with Crippen molar-refractivity contribution >= 4 is 33.2 Å². The predicted molar refractivity (Wildman–Crippen MR) is 136 cm³/mol. The van der Waals surface area contributed by atoms with E-state index in [4.69, 9.17) is 0 Å². The van der Waals surface area contributed by atoms with Crippen LogP contribution in [0.4, 0.5) is 11.4 Å². The molecule has 7 nitrogen and oxygen atoms in total. The van der Waals surface area contributed by atoms with Crippen molar-refractivity contribution in [1.29, 1.82) is 0 Å². The highest BCUT2D eigenvalue weighted by atomic mass is 32.2. The van der Waals surface area contributed by atoms with Crippen molar-refractivity contribution < 1.29 is 18.0 Å². The van der Waals surface area contributed by atoms with E-state index in [1.54, 1.807) is 48.5 Å². The molecule has 3 aromatic rings. The van der Waals surface area contributed by atoms with Gasteiger partial charge in [-0.15, -0.1) is 0 Å². The van der Waals surface area contributed by atoms with E-state index in [9.17, 15) is 18.0 Å². The quantitative estimate of drug-likeness (QED) is 0.421. The van der Waals surface area contributed by atoms with Gasteiger partial charge in [-0.1, -0.05) is 55.8 Å². The Morgan fingerprint density at radius 2 is 1.50 bits per heavy atom. The summed E-state index contributed by atoms with van der Waals surface area (Å²) < 4.78 is 26.1. The fourth-order valence-electron chi connectivity index (χ4n) is 3.39. The first-order chi connectivity index (χ1) is 16.3. The normalized spacial score (nSPS) is 11.0. The maximum atomic E-state index is 12.8. The third kappa shape index (κ3) is 6.68. The molecular weight excluding hydrogens is 450 g/mol. The van der Waals surface area contributed by atoms with Crippen LogP contribution in [0.15, 0.2) is 78.9 Å². The summed E-state index contributed by atoms with van der Waals surface area (Å²) in [6.07, 6.45) is 3.00. The highest BCUT2D eigenvalue weighted by Crippen LogP contribution is 2.22. The van der Waals surface area contributed by atoms with E-state index in [0.717, 1.165) is 24.7 Å². The Balaban J connectivity index is 1.76. The third-order valence-electron chi connectivity index (χ3n) is 5.22. The molecule has 34 heavy (non-hydrogen) atoms. The number of unbranched alkanes of at least 4 members (excludes halogenated alkanes) is 1. The van der Waals surface area contributed by atoms with Crippen LogP contribution in [0, 0.1) is 0 Å². The van der Waals surface area contributed by atoms with Crippen LogP contribution in [0.1, 0.15) is 46.0 Å². The number of rotatable bonds is 10. The van der Waals surface area contributed by atoms with Gasteiger partial charge in [-0.05, 0) is 48.4 Å². The van der Waals surface area contributed by atoms with E-state index in [0.29, 0.717) is 29.0 Å². The Hall–Kier alpha value is -3.65. The summed E-state index contributed by atoms with van der Waals surface area (Å²) in [7, 11) is -3.53. The highest BCUT2D eigenvalue weighted by molar-refractivity contribution is 7.92. The number of para-hydroxylation sites is 1. The molecule has 2 amide bonds. The Labute approximate surface area is 200 Å². The average Bonchev–Trinajstić information content (AvgIpc) is 2.83. The molecule has 0 saturated heterocycles. The van der Waals surface area contributed by atoms with Gasteiger partial charge < -0.3 is 10.6 Å². The Morgan fingerprint density at radius 1 is 0.853 bits per heavy atom. The number of hydrogen-bond acceptors (Lipinski definition) is 4. The van der Waals surface area contributed by atoms with Crippen LogP contribution < -0.4 is 14.9 Å². The predicted octanol–water partition coefficient (Wildman–Crippen LogP) is 4.44. The summed E-state index contributed by atoms with van der Waals surface area (Å²) in [4.78, 5) is 25.3. The van der Waals surface area contributed by atoms with E-state index in [-0.39, 0.29) is 12.5 Å². The number of benzene rings is 3. The largest absolute Gasteiger partial charge is 0.352 e. The Bertz CT molecular complexity index is 1230. The monoisotopic (exact) mass is 479 g/mol. The van der Waals surface area contributed by atoms with E-state index in [2.05, 4.69) is 10.6 Å². The van der Waals surface area contributed by atoms with Gasteiger partial charge in [0.05, 0.1) is 29.7 Å². The van der Waals surface area contributed by atoms with E-state index < -0.39 is 15.9 Å². The van der Waals surface area contributed by atoms with Gasteiger partial charge in [0.2, 0.25) is 10.0 Å². The molecular formula is C26H29N3O4S. The van der Waals surface area contributed by atoms with Gasteiger partial charge >= 0.3 is 0 Å². The molecule has 0 aliphatic rings. The number of hydrogen-bond donors (Lipinski definition) is 2. The molecule has 3 aromatic carbocycles. The molecule has 2 N–H and O–H groups in total. The zero-order chi connectivity index (χ0) is 24.6. The zero-order valence-corrected chi connectivity index (χ0v) is 20.1. The second-order valence-corrected chi connectivity index (χ2v) is 9.82. The van der Waals surface area contributed by atoms with Crippen LogP contribution in [0.5, 0.6) is 0 Å². The second kappa shape index (κ2) is 11.5. The number of nitrogens with zero attached hydrogens (tertiary/aromatic N) is 1. The summed E-state index contributed by atoms with van der Waals surface area (Å²) in [6, 6.07) is 22.4. The van der Waals surface area contributed by atoms with Crippen LogP contribution in [0.2, 0.25) is 0 Å². The van der Waals surface area contributed by atoms with Gasteiger partial charge in [-0.2, -0.15) is 0 Å². The molecule has 0 heterocycles. The minimum absolute atomic E-state index is 0.186. The molecule has 0 fully saturated rings. The summed E-state index contributed by atoms with van der Waals surface area (Å²) in [5.41, 5.74) is 2.45. The van der Waals surface area contributed by atoms with Crippen LogP contribution in [0.3, 0.4) is 0 Å². The molecule has 0 aliphatic carbocycles. The van der Waals surface area contributed by atoms with Crippen LogP contribution in [-0.2, 0) is 16.6 Å². The number of anilines is 2. The van der Waals surface area contributed by atoms with Gasteiger partial charge in [-0.3, -0.25) is 13.9 Å². The molecule has 0 unspecified atom stereocenters. The van der Waals surface area contributed by atoms with Crippen LogP contribution in [0.25, 0.3) is 0 Å². The minimum atomic E-state index is -3.53. The number of carbonyl (C=O) groups is 2. The summed E-state index contributed by atoms with van der Waals surface area (Å²) >= 11 is 0. The average molecular weight is 480 g/mol. The number of nitrogens with one attached hydrogen (secondary N) is 2. The smallest absolute Gasteiger partial charge is 0.255 e. The van der Waals surface area contributed by atoms with E-state index in [1.165, 1.54) is 4.31 Å². The maximum absolute atomic E-state index is 12.8.